The fourth-order valence-corrected chi connectivity index (χ4v) is 1.76. The number of hydrogen-bond donors (Lipinski definition) is 1. The monoisotopic (exact) mass is 325 g/mol. The molecular weight excluding hydrogens is 315 g/mol. The Labute approximate surface area is 110 Å². The van der Waals surface area contributed by atoms with Crippen molar-refractivity contribution in [3.63, 3.8) is 0 Å². The molecule has 0 fully saturated rings. The van der Waals surface area contributed by atoms with E-state index in [0.717, 1.165) is 12.1 Å². The van der Waals surface area contributed by atoms with Crippen molar-refractivity contribution in [3.8, 4) is 0 Å². The number of carbonyl (C=O) groups is 1. The Kier molecular flexibility index (Phi) is 5.01. The molecule has 0 unspecified atom stereocenters. The standard InChI is InChI=1S/C11H11BrF3NO2/c1-18-10(17)4-5-16-9-3-2-7(6-8(9)12)11(13,14)15/h2-3,6,16H,4-5H2,1H3. The number of methoxy groups -OCH3 is 1. The minimum atomic E-state index is -4.37. The number of esters is 1. The van der Waals surface area contributed by atoms with Gasteiger partial charge in [-0.3, -0.25) is 4.79 Å². The number of halogens is 4. The first-order chi connectivity index (χ1) is 8.34. The summed E-state index contributed by atoms with van der Waals surface area (Å²) in [5.74, 6) is -0.384. The van der Waals surface area contributed by atoms with Crippen LogP contribution in [0, 0.1) is 0 Å². The van der Waals surface area contributed by atoms with Gasteiger partial charge in [0.2, 0.25) is 0 Å². The molecule has 0 aliphatic rings. The molecule has 0 amide bonds. The highest BCUT2D eigenvalue weighted by molar-refractivity contribution is 9.10. The maximum Gasteiger partial charge on any atom is 0.416 e. The molecule has 1 aromatic rings. The second kappa shape index (κ2) is 6.08. The largest absolute Gasteiger partial charge is 0.469 e. The quantitative estimate of drug-likeness (QED) is 0.862. The van der Waals surface area contributed by atoms with Gasteiger partial charge in [-0.2, -0.15) is 13.2 Å². The molecule has 1 N–H and O–H groups in total. The number of rotatable bonds is 4. The Morgan fingerprint density at radius 1 is 1.44 bits per heavy atom. The van der Waals surface area contributed by atoms with E-state index in [2.05, 4.69) is 26.0 Å². The summed E-state index contributed by atoms with van der Waals surface area (Å²) in [6.07, 6.45) is -4.23. The number of benzene rings is 1. The van der Waals surface area contributed by atoms with Crippen LogP contribution in [0.2, 0.25) is 0 Å². The third-order valence-electron chi connectivity index (χ3n) is 2.17. The zero-order chi connectivity index (χ0) is 13.8. The first kappa shape index (κ1) is 14.8. The van der Waals surface area contributed by atoms with Crippen molar-refractivity contribution in [1.82, 2.24) is 0 Å². The van der Waals surface area contributed by atoms with Crippen LogP contribution >= 0.6 is 15.9 Å². The molecule has 100 valence electrons. The van der Waals surface area contributed by atoms with Gasteiger partial charge in [-0.05, 0) is 34.1 Å². The number of alkyl halides is 3. The highest BCUT2D eigenvalue weighted by Gasteiger charge is 2.30. The van der Waals surface area contributed by atoms with Crippen LogP contribution in [0.15, 0.2) is 22.7 Å². The molecular formula is C11H11BrF3NO2. The van der Waals surface area contributed by atoms with E-state index < -0.39 is 11.7 Å². The van der Waals surface area contributed by atoms with Crippen LogP contribution in [0.5, 0.6) is 0 Å². The van der Waals surface area contributed by atoms with E-state index in [1.807, 2.05) is 0 Å². The SMILES string of the molecule is COC(=O)CCNc1ccc(C(F)(F)F)cc1Br. The second-order valence-corrected chi connectivity index (χ2v) is 4.30. The van der Waals surface area contributed by atoms with Crippen molar-refractivity contribution >= 4 is 27.6 Å². The molecule has 18 heavy (non-hydrogen) atoms. The van der Waals surface area contributed by atoms with E-state index in [9.17, 15) is 18.0 Å². The molecule has 0 heterocycles. The zero-order valence-corrected chi connectivity index (χ0v) is 11.1. The second-order valence-electron chi connectivity index (χ2n) is 3.45. The van der Waals surface area contributed by atoms with Crippen molar-refractivity contribution in [3.05, 3.63) is 28.2 Å². The van der Waals surface area contributed by atoms with Gasteiger partial charge in [0.05, 0.1) is 19.1 Å². The van der Waals surface area contributed by atoms with Crippen molar-refractivity contribution in [2.24, 2.45) is 0 Å². The Morgan fingerprint density at radius 3 is 2.61 bits per heavy atom. The molecule has 7 heteroatoms. The van der Waals surface area contributed by atoms with Gasteiger partial charge in [0.1, 0.15) is 0 Å². The number of anilines is 1. The lowest BCUT2D eigenvalue weighted by molar-refractivity contribution is -0.140. The van der Waals surface area contributed by atoms with E-state index in [4.69, 9.17) is 0 Å². The Balaban J connectivity index is 2.66. The average Bonchev–Trinajstić information content (AvgIpc) is 2.29. The van der Waals surface area contributed by atoms with Crippen molar-refractivity contribution in [1.29, 1.82) is 0 Å². The van der Waals surface area contributed by atoms with Gasteiger partial charge in [-0.15, -0.1) is 0 Å². The minimum absolute atomic E-state index is 0.143. The number of nitrogens with one attached hydrogen (secondary N) is 1. The van der Waals surface area contributed by atoms with Crippen LogP contribution in [0.4, 0.5) is 18.9 Å². The van der Waals surface area contributed by atoms with Crippen LogP contribution in [0.1, 0.15) is 12.0 Å². The molecule has 0 bridgehead atoms. The van der Waals surface area contributed by atoms with Crippen LogP contribution in [0.25, 0.3) is 0 Å². The maximum atomic E-state index is 12.4. The molecule has 0 atom stereocenters. The lowest BCUT2D eigenvalue weighted by Gasteiger charge is -2.11. The van der Waals surface area contributed by atoms with Gasteiger partial charge in [0, 0.05) is 16.7 Å². The van der Waals surface area contributed by atoms with Crippen LogP contribution in [-0.2, 0) is 15.7 Å². The maximum absolute atomic E-state index is 12.4. The Hall–Kier alpha value is -1.24. The summed E-state index contributed by atoms with van der Waals surface area (Å²) >= 11 is 3.05. The van der Waals surface area contributed by atoms with Crippen molar-refractivity contribution in [2.45, 2.75) is 12.6 Å². The summed E-state index contributed by atoms with van der Waals surface area (Å²) in [6, 6.07) is 3.27. The Bertz CT molecular complexity index is 435. The normalized spacial score (nSPS) is 11.2. The molecule has 0 spiro atoms. The minimum Gasteiger partial charge on any atom is -0.469 e. The highest BCUT2D eigenvalue weighted by atomic mass is 79.9. The van der Waals surface area contributed by atoms with Gasteiger partial charge in [-0.1, -0.05) is 0 Å². The molecule has 1 aromatic carbocycles. The lowest BCUT2D eigenvalue weighted by Crippen LogP contribution is -2.10. The molecule has 0 saturated heterocycles. The fraction of sp³-hybridized carbons (Fsp3) is 0.364. The summed E-state index contributed by atoms with van der Waals surface area (Å²) in [4.78, 5) is 10.8. The third kappa shape index (κ3) is 4.21. The van der Waals surface area contributed by atoms with E-state index in [1.165, 1.54) is 13.2 Å². The first-order valence-corrected chi connectivity index (χ1v) is 5.81. The van der Waals surface area contributed by atoms with E-state index >= 15 is 0 Å². The molecule has 0 saturated carbocycles. The smallest absolute Gasteiger partial charge is 0.416 e. The van der Waals surface area contributed by atoms with Gasteiger partial charge in [-0.25, -0.2) is 0 Å². The first-order valence-electron chi connectivity index (χ1n) is 5.02. The third-order valence-corrected chi connectivity index (χ3v) is 2.82. The van der Waals surface area contributed by atoms with Gasteiger partial charge >= 0.3 is 12.1 Å². The summed E-state index contributed by atoms with van der Waals surface area (Å²) in [5, 5.41) is 2.84. The number of ether oxygens (including phenoxy) is 1. The van der Waals surface area contributed by atoms with Gasteiger partial charge in [0.15, 0.2) is 0 Å². The van der Waals surface area contributed by atoms with Gasteiger partial charge < -0.3 is 10.1 Å². The van der Waals surface area contributed by atoms with Crippen molar-refractivity contribution < 1.29 is 22.7 Å². The molecule has 0 radical (unpaired) electrons. The molecule has 0 aliphatic carbocycles. The van der Waals surface area contributed by atoms with E-state index in [0.29, 0.717) is 10.2 Å². The summed E-state index contributed by atoms with van der Waals surface area (Å²) in [5.41, 5.74) is -0.236. The van der Waals surface area contributed by atoms with Crippen LogP contribution in [-0.4, -0.2) is 19.6 Å². The number of hydrogen-bond acceptors (Lipinski definition) is 3. The lowest BCUT2D eigenvalue weighted by atomic mass is 10.2. The average molecular weight is 326 g/mol. The zero-order valence-electron chi connectivity index (χ0n) is 9.47. The molecule has 0 aromatic heterocycles. The van der Waals surface area contributed by atoms with E-state index in [-0.39, 0.29) is 18.9 Å². The molecule has 1 rings (SSSR count). The topological polar surface area (TPSA) is 38.3 Å². The summed E-state index contributed by atoms with van der Waals surface area (Å²) < 4.78 is 41.9. The van der Waals surface area contributed by atoms with Crippen LogP contribution in [0.3, 0.4) is 0 Å². The predicted octanol–water partition coefficient (Wildman–Crippen LogP) is 3.44. The molecule has 3 nitrogen and oxygen atoms in total. The molecule has 0 aliphatic heterocycles. The van der Waals surface area contributed by atoms with Crippen molar-refractivity contribution in [2.75, 3.05) is 19.0 Å². The number of carbonyl (C=O) groups excluding carboxylic acids is 1. The predicted molar refractivity (Wildman–Crippen MR) is 64.3 cm³/mol. The summed E-state index contributed by atoms with van der Waals surface area (Å²) in [7, 11) is 1.27. The van der Waals surface area contributed by atoms with Crippen LogP contribution < -0.4 is 5.32 Å². The van der Waals surface area contributed by atoms with E-state index in [1.54, 1.807) is 0 Å². The van der Waals surface area contributed by atoms with Gasteiger partial charge in [0.25, 0.3) is 0 Å². The summed E-state index contributed by atoms with van der Waals surface area (Å²) in [6.45, 7) is 0.288. The fourth-order valence-electron chi connectivity index (χ4n) is 1.24. The Morgan fingerprint density at radius 2 is 2.11 bits per heavy atom. The highest BCUT2D eigenvalue weighted by Crippen LogP contribution is 2.33.